The molecule has 80 heavy (non-hydrogen) atoms. The quantitative estimate of drug-likeness (QED) is 0.0728. The van der Waals surface area contributed by atoms with Gasteiger partial charge in [-0.15, -0.1) is 11.3 Å². The average molecular weight is 1100 g/mol. The molecular weight excluding hydrogens is 1030 g/mol. The zero-order chi connectivity index (χ0) is 54.9. The molecule has 3 unspecified atom stereocenters. The van der Waals surface area contributed by atoms with Crippen LogP contribution in [0.25, 0.3) is 43.4 Å². The lowest BCUT2D eigenvalue weighted by molar-refractivity contribution is -0.141. The van der Waals surface area contributed by atoms with E-state index in [0.29, 0.717) is 42.3 Å². The first-order valence-electron chi connectivity index (χ1n) is 28.8. The third-order valence-corrected chi connectivity index (χ3v) is 18.8. The van der Waals surface area contributed by atoms with Gasteiger partial charge in [-0.25, -0.2) is 4.98 Å². The molecule has 5 fully saturated rings. The number of rotatable bonds is 16. The van der Waals surface area contributed by atoms with Crippen molar-refractivity contribution in [3.63, 3.8) is 0 Å². The van der Waals surface area contributed by atoms with Crippen molar-refractivity contribution in [1.29, 1.82) is 0 Å². The van der Waals surface area contributed by atoms with Crippen molar-refractivity contribution in [2.75, 3.05) is 70.4 Å². The minimum atomic E-state index is -0.826. The molecule has 0 radical (unpaired) electrons. The molecule has 1 aliphatic carbocycles. The molecule has 418 valence electrons. The van der Waals surface area contributed by atoms with E-state index in [9.17, 15) is 19.8 Å². The molecule has 6 aliphatic rings. The Morgan fingerprint density at radius 2 is 1.73 bits per heavy atom. The molecule has 5 saturated heterocycles. The van der Waals surface area contributed by atoms with Gasteiger partial charge >= 0.3 is 6.01 Å². The molecule has 19 heteroatoms. The van der Waals surface area contributed by atoms with Crippen molar-refractivity contribution >= 4 is 50.6 Å². The highest BCUT2D eigenvalue weighted by Gasteiger charge is 2.44. The van der Waals surface area contributed by atoms with Crippen LogP contribution in [0.1, 0.15) is 106 Å². The van der Waals surface area contributed by atoms with Gasteiger partial charge in [0, 0.05) is 93.6 Å². The number of phenols is 1. The highest BCUT2D eigenvalue weighted by molar-refractivity contribution is 7.13. The van der Waals surface area contributed by atoms with Gasteiger partial charge in [0.2, 0.25) is 11.8 Å². The summed E-state index contributed by atoms with van der Waals surface area (Å²) in [5, 5.41) is 35.8. The number of amides is 2. The largest absolute Gasteiger partial charge is 0.508 e. The van der Waals surface area contributed by atoms with E-state index >= 15 is 0 Å². The monoisotopic (exact) mass is 1100 g/mol. The summed E-state index contributed by atoms with van der Waals surface area (Å²) in [4.78, 5) is 57.9. The first-order chi connectivity index (χ1) is 38.8. The van der Waals surface area contributed by atoms with Gasteiger partial charge in [-0.1, -0.05) is 63.2 Å². The number of aromatic hydroxyl groups is 1. The molecule has 13 rings (SSSR count). The van der Waals surface area contributed by atoms with Crippen LogP contribution in [0.5, 0.6) is 17.6 Å². The van der Waals surface area contributed by atoms with Crippen LogP contribution >= 0.6 is 11.3 Å². The van der Waals surface area contributed by atoms with E-state index in [0.717, 1.165) is 144 Å². The molecule has 4 N–H and O–H groups in total. The van der Waals surface area contributed by atoms with Gasteiger partial charge in [-0.05, 0) is 109 Å². The summed E-state index contributed by atoms with van der Waals surface area (Å²) in [6.07, 6.45) is 5.74. The maximum absolute atomic E-state index is 14.3. The van der Waals surface area contributed by atoms with Crippen molar-refractivity contribution < 1.29 is 33.8 Å². The minimum Gasteiger partial charge on any atom is -0.508 e. The van der Waals surface area contributed by atoms with E-state index in [2.05, 4.69) is 60.6 Å². The fourth-order valence-corrected chi connectivity index (χ4v) is 14.5. The standard InChI is InChI=1S/C61H71N11O7S/c1-33(2)52(60(76)72-29-44(74)23-49(72)59(75)64-35(4)38-9-11-39(12-10-38)57-36(5)63-32-80-57)50-24-51(68-79-50)78-45-30-70(31-45)26-37-15-17-69(18-16-37)19-20-77-61-66-56-48(58(67-61)71-27-41-13-14-42(28-71)65-41)25-62-55-47-22-43(73)21-40-7-6-8-46(54(40)47)34(3)53(55)56/h6-12,21-22,24-25,32-35,37,41-42,44-45,49,52,65,73-74H,13-20,23,26-31H2,1-5H3,(H,64,75)/t34?,35-,41?,42?,44+,49-,52+/m0/s1. The summed E-state index contributed by atoms with van der Waals surface area (Å²) < 4.78 is 18.6. The highest BCUT2D eigenvalue weighted by Crippen LogP contribution is 2.49. The Morgan fingerprint density at radius 1 is 0.938 bits per heavy atom. The fourth-order valence-electron chi connectivity index (χ4n) is 13.6. The van der Waals surface area contributed by atoms with E-state index in [1.165, 1.54) is 10.5 Å². The van der Waals surface area contributed by atoms with Crippen LogP contribution in [-0.4, -0.2) is 158 Å². The number of likely N-dealkylation sites (tertiary alicyclic amines) is 3. The van der Waals surface area contributed by atoms with Gasteiger partial charge < -0.3 is 44.6 Å². The number of anilines is 1. The number of carbonyl (C=O) groups excluding carboxylic acids is 2. The smallest absolute Gasteiger partial charge is 0.319 e. The van der Waals surface area contributed by atoms with Crippen molar-refractivity contribution in [3.8, 4) is 39.3 Å². The second-order valence-electron chi connectivity index (χ2n) is 23.7. The van der Waals surface area contributed by atoms with Crippen LogP contribution in [-0.2, 0) is 9.59 Å². The molecule has 0 saturated carbocycles. The molecule has 2 bridgehead atoms. The third kappa shape index (κ3) is 10.1. The number of aryl methyl sites for hydroxylation is 1. The highest BCUT2D eigenvalue weighted by atomic mass is 32.1. The van der Waals surface area contributed by atoms with Gasteiger partial charge in [0.15, 0.2) is 5.76 Å². The van der Waals surface area contributed by atoms with Crippen molar-refractivity contribution in [2.24, 2.45) is 11.8 Å². The predicted octanol–water partition coefficient (Wildman–Crippen LogP) is 7.81. The normalized spacial score (nSPS) is 23.2. The van der Waals surface area contributed by atoms with E-state index in [-0.39, 0.29) is 54.5 Å². The molecule has 9 heterocycles. The molecule has 18 nitrogen and oxygen atoms in total. The van der Waals surface area contributed by atoms with Crippen LogP contribution < -0.4 is 25.0 Å². The number of hydrogen-bond donors (Lipinski definition) is 4. The Labute approximate surface area is 469 Å². The van der Waals surface area contributed by atoms with Crippen LogP contribution in [0.15, 0.2) is 76.9 Å². The van der Waals surface area contributed by atoms with Crippen LogP contribution in [0, 0.1) is 18.8 Å². The first kappa shape index (κ1) is 52.6. The number of piperidine rings is 1. The number of phenolic OH excluding ortho intramolecular Hbond substituents is 1. The lowest BCUT2D eigenvalue weighted by Gasteiger charge is -2.42. The molecule has 7 atom stereocenters. The maximum atomic E-state index is 14.3. The number of piperazine rings is 1. The predicted molar refractivity (Wildman–Crippen MR) is 306 cm³/mol. The topological polar surface area (TPSA) is 208 Å². The average Bonchev–Trinajstić information content (AvgIpc) is 4.43. The number of hydrogen-bond acceptors (Lipinski definition) is 17. The number of aromatic nitrogens is 5. The van der Waals surface area contributed by atoms with Crippen LogP contribution in [0.2, 0.25) is 0 Å². The summed E-state index contributed by atoms with van der Waals surface area (Å²) in [7, 11) is 0. The summed E-state index contributed by atoms with van der Waals surface area (Å²) in [6.45, 7) is 17.7. The Balaban J connectivity index is 0.594. The number of thiazole rings is 1. The summed E-state index contributed by atoms with van der Waals surface area (Å²) in [5.74, 6) is 0.956. The van der Waals surface area contributed by atoms with E-state index < -0.39 is 18.1 Å². The Hall–Kier alpha value is -6.77. The van der Waals surface area contributed by atoms with Gasteiger partial charge in [0.1, 0.15) is 36.2 Å². The Bertz CT molecular complexity index is 3440. The molecule has 5 aliphatic heterocycles. The van der Waals surface area contributed by atoms with Crippen molar-refractivity contribution in [2.45, 2.75) is 115 Å². The molecule has 3 aromatic carbocycles. The van der Waals surface area contributed by atoms with E-state index in [1.807, 2.05) is 75.8 Å². The number of ether oxygens (including phenoxy) is 2. The fraction of sp³-hybridized carbons (Fsp3) is 0.492. The second kappa shape index (κ2) is 21.6. The molecule has 4 aromatic heterocycles. The number of aliphatic hydroxyl groups is 1. The Morgan fingerprint density at radius 3 is 2.48 bits per heavy atom. The lowest BCUT2D eigenvalue weighted by atomic mass is 9.79. The summed E-state index contributed by atoms with van der Waals surface area (Å²) in [5.41, 5.74) is 9.72. The number of aliphatic hydroxyl groups excluding tert-OH is 1. The van der Waals surface area contributed by atoms with Gasteiger partial charge in [0.25, 0.3) is 5.88 Å². The molecular formula is C61H71N11O7S. The van der Waals surface area contributed by atoms with E-state index in [1.54, 1.807) is 17.4 Å². The van der Waals surface area contributed by atoms with Gasteiger partial charge in [-0.3, -0.25) is 24.4 Å². The van der Waals surface area contributed by atoms with Gasteiger partial charge in [0.05, 0.1) is 44.8 Å². The SMILES string of the molecule is Cc1ncsc1-c1ccc([C@H](C)NC(=O)[C@@H]2C[C@@H](O)CN2C(=O)[C@@H](c2cc(OC3CN(CC4CCN(CCOc5nc(N6CC7CCC(C6)N7)c6cnc7c(c6n5)C(C)c5cccc6cc(O)cc-7c56)CC4)C3)no2)C(C)C)cc1. The first-order valence-corrected chi connectivity index (χ1v) is 29.6. The Kier molecular flexibility index (Phi) is 14.2. The number of carbonyl (C=O) groups is 2. The van der Waals surface area contributed by atoms with Gasteiger partial charge in [-0.2, -0.15) is 9.97 Å². The number of β-amino-alcohol motifs (C(OH)–C–C–N with tert-alkyl or cyclic N) is 1. The third-order valence-electron chi connectivity index (χ3n) is 17.9. The molecule has 7 aromatic rings. The number of nitrogens with zero attached hydrogens (tertiary/aromatic N) is 9. The number of nitrogens with one attached hydrogen (secondary N) is 2. The van der Waals surface area contributed by atoms with Crippen molar-refractivity contribution in [3.05, 3.63) is 101 Å². The number of benzene rings is 3. The number of pyridine rings is 1. The summed E-state index contributed by atoms with van der Waals surface area (Å²) >= 11 is 1.60. The second-order valence-corrected chi connectivity index (χ2v) is 24.6. The van der Waals surface area contributed by atoms with Crippen LogP contribution in [0.4, 0.5) is 5.82 Å². The minimum absolute atomic E-state index is 0.0251. The van der Waals surface area contributed by atoms with Crippen molar-refractivity contribution in [1.82, 2.24) is 50.4 Å². The number of fused-ring (bicyclic) bond motifs is 6. The summed E-state index contributed by atoms with van der Waals surface area (Å²) in [6, 6.07) is 19.9. The molecule has 0 spiro atoms. The van der Waals surface area contributed by atoms with E-state index in [4.69, 9.17) is 28.9 Å². The zero-order valence-electron chi connectivity index (χ0n) is 46.2. The van der Waals surface area contributed by atoms with Crippen LogP contribution in [0.3, 0.4) is 0 Å². The maximum Gasteiger partial charge on any atom is 0.319 e. The zero-order valence-corrected chi connectivity index (χ0v) is 47.0. The lowest BCUT2D eigenvalue weighted by Crippen LogP contribution is -2.55. The molecule has 2 amide bonds.